The predicted molar refractivity (Wildman–Crippen MR) is 195 cm³/mol. The Bertz CT molecular complexity index is 2710. The van der Waals surface area contributed by atoms with E-state index in [2.05, 4.69) is 10.6 Å². The van der Waals surface area contributed by atoms with Gasteiger partial charge in [-0.3, -0.25) is 9.59 Å². The zero-order chi connectivity index (χ0) is 34.7. The Kier molecular flexibility index (Phi) is 5.73. The zero-order valence-electron chi connectivity index (χ0n) is 27.5. The molecule has 0 amide bonds. The second kappa shape index (κ2) is 9.68. The Balaban J connectivity index is 1.64. The van der Waals surface area contributed by atoms with Gasteiger partial charge in [0.05, 0.1) is 32.7 Å². The molecule has 8 aromatic carbocycles. The molecule has 0 aromatic heterocycles. The first-order valence-electron chi connectivity index (χ1n) is 17.3. The van der Waals surface area contributed by atoms with E-state index in [4.69, 9.17) is 0 Å². The molecule has 2 aliphatic heterocycles. The van der Waals surface area contributed by atoms with Gasteiger partial charge in [0.25, 0.3) is 0 Å². The standard InChI is InChI=1S/C40H34N2O8/c1-13-11-17(43)23-25-19(13)20-14(2)12-18(44)24-26(20)28-27(25)29-31(35(45)21(15-7-3-5-9-41-15)37(47)33(29)39(23)49)32-30(28)34(40(24)50)38(48)22(36(32)46)16-8-4-6-10-42-16/h11-12,15-16,41-48H,3-10H2,1-2H3. The van der Waals surface area contributed by atoms with Gasteiger partial charge < -0.3 is 41.3 Å². The summed E-state index contributed by atoms with van der Waals surface area (Å²) < 4.78 is 0. The highest BCUT2D eigenvalue weighted by molar-refractivity contribution is 6.51. The number of phenolic OH excluding ortho intramolecular Hbond substituents is 6. The summed E-state index contributed by atoms with van der Waals surface area (Å²) >= 11 is 0. The van der Waals surface area contributed by atoms with Crippen LogP contribution >= 0.6 is 0 Å². The molecule has 10 rings (SSSR count). The Morgan fingerprint density at radius 3 is 1.16 bits per heavy atom. The quantitative estimate of drug-likeness (QED) is 0.0728. The van der Waals surface area contributed by atoms with Crippen molar-refractivity contribution in [1.29, 1.82) is 0 Å². The molecule has 0 aliphatic carbocycles. The molecule has 2 heterocycles. The zero-order valence-corrected chi connectivity index (χ0v) is 27.5. The second-order valence-corrected chi connectivity index (χ2v) is 14.6. The topological polar surface area (TPSA) is 180 Å². The van der Waals surface area contributed by atoms with Crippen molar-refractivity contribution < 1.29 is 30.6 Å². The van der Waals surface area contributed by atoms with Gasteiger partial charge in [0, 0.05) is 55.2 Å². The molecule has 0 bridgehead atoms. The van der Waals surface area contributed by atoms with Crippen molar-refractivity contribution >= 4 is 75.4 Å². The van der Waals surface area contributed by atoms with E-state index < -0.39 is 34.4 Å². The second-order valence-electron chi connectivity index (χ2n) is 14.6. The molecule has 2 unspecified atom stereocenters. The van der Waals surface area contributed by atoms with E-state index in [1.54, 1.807) is 13.8 Å². The highest BCUT2D eigenvalue weighted by Crippen LogP contribution is 2.60. The molecule has 2 saturated heterocycles. The molecule has 0 spiro atoms. The number of rotatable bonds is 2. The Labute approximate surface area is 283 Å². The minimum atomic E-state index is -0.628. The van der Waals surface area contributed by atoms with Crippen LogP contribution in [0.5, 0.6) is 34.5 Å². The van der Waals surface area contributed by atoms with Gasteiger partial charge in [-0.1, -0.05) is 12.8 Å². The number of aromatic hydroxyl groups is 6. The maximum Gasteiger partial charge on any atom is 0.201 e. The van der Waals surface area contributed by atoms with Crippen molar-refractivity contribution in [2.24, 2.45) is 0 Å². The van der Waals surface area contributed by atoms with E-state index in [1.165, 1.54) is 12.1 Å². The molecule has 2 fully saturated rings. The van der Waals surface area contributed by atoms with Crippen LogP contribution in [-0.4, -0.2) is 43.7 Å². The fraction of sp³-hybridized carbons (Fsp3) is 0.300. The van der Waals surface area contributed by atoms with Gasteiger partial charge in [-0.25, -0.2) is 0 Å². The number of piperidine rings is 2. The van der Waals surface area contributed by atoms with E-state index in [9.17, 15) is 40.2 Å². The lowest BCUT2D eigenvalue weighted by molar-refractivity contribution is 0.372. The molecule has 8 aromatic rings. The average molecular weight is 671 g/mol. The monoisotopic (exact) mass is 670 g/mol. The third kappa shape index (κ3) is 3.27. The lowest BCUT2D eigenvalue weighted by Gasteiger charge is -2.30. The van der Waals surface area contributed by atoms with Crippen LogP contribution in [0.2, 0.25) is 0 Å². The van der Waals surface area contributed by atoms with Crippen LogP contribution in [0.4, 0.5) is 0 Å². The number of hydrogen-bond donors (Lipinski definition) is 8. The fourth-order valence-electron chi connectivity index (χ4n) is 9.98. The van der Waals surface area contributed by atoms with E-state index in [1.807, 2.05) is 0 Å². The fourth-order valence-corrected chi connectivity index (χ4v) is 9.98. The first-order valence-corrected chi connectivity index (χ1v) is 17.3. The molecule has 0 saturated carbocycles. The van der Waals surface area contributed by atoms with Gasteiger partial charge in [0.2, 0.25) is 10.9 Å². The normalized spacial score (nSPS) is 19.2. The summed E-state index contributed by atoms with van der Waals surface area (Å²) in [7, 11) is 0. The summed E-state index contributed by atoms with van der Waals surface area (Å²) in [5, 5.41) is 81.9. The number of nitrogens with one attached hydrogen (secondary N) is 2. The third-order valence-corrected chi connectivity index (χ3v) is 12.0. The highest BCUT2D eigenvalue weighted by Gasteiger charge is 2.37. The Hall–Kier alpha value is -5.32. The van der Waals surface area contributed by atoms with Crippen LogP contribution in [-0.2, 0) is 0 Å². The molecule has 8 N–H and O–H groups in total. The molecular weight excluding hydrogens is 636 g/mol. The van der Waals surface area contributed by atoms with Crippen LogP contribution in [0, 0.1) is 13.8 Å². The van der Waals surface area contributed by atoms with Crippen molar-refractivity contribution in [2.75, 3.05) is 13.1 Å². The molecule has 10 nitrogen and oxygen atoms in total. The van der Waals surface area contributed by atoms with Gasteiger partial charge >= 0.3 is 0 Å². The summed E-state index contributed by atoms with van der Waals surface area (Å²) in [6, 6.07) is 1.95. The van der Waals surface area contributed by atoms with E-state index in [0.29, 0.717) is 69.4 Å². The van der Waals surface area contributed by atoms with Crippen molar-refractivity contribution in [3.8, 4) is 34.5 Å². The van der Waals surface area contributed by atoms with E-state index >= 15 is 0 Å². The number of phenols is 6. The van der Waals surface area contributed by atoms with Gasteiger partial charge in [0.15, 0.2) is 0 Å². The molecule has 0 radical (unpaired) electrons. The third-order valence-electron chi connectivity index (χ3n) is 12.0. The number of benzene rings is 8. The van der Waals surface area contributed by atoms with Crippen molar-refractivity contribution in [1.82, 2.24) is 10.6 Å². The van der Waals surface area contributed by atoms with E-state index in [0.717, 1.165) is 25.7 Å². The predicted octanol–water partition coefficient (Wildman–Crippen LogP) is 6.71. The van der Waals surface area contributed by atoms with Gasteiger partial charge in [-0.15, -0.1) is 0 Å². The summed E-state index contributed by atoms with van der Waals surface area (Å²) in [6.45, 7) is 4.84. The molecule has 2 aliphatic rings. The molecule has 50 heavy (non-hydrogen) atoms. The summed E-state index contributed by atoms with van der Waals surface area (Å²) in [6.07, 6.45) is 4.55. The van der Waals surface area contributed by atoms with E-state index in [-0.39, 0.29) is 77.2 Å². The number of fused-ring (bicyclic) bond motifs is 2. The summed E-state index contributed by atoms with van der Waals surface area (Å²) in [5.74, 6) is -2.04. The molecule has 252 valence electrons. The van der Waals surface area contributed by atoms with Crippen molar-refractivity contribution in [3.63, 3.8) is 0 Å². The van der Waals surface area contributed by atoms with Crippen LogP contribution < -0.4 is 21.5 Å². The van der Waals surface area contributed by atoms with Crippen LogP contribution in [0.1, 0.15) is 72.9 Å². The van der Waals surface area contributed by atoms with Crippen LogP contribution in [0.25, 0.3) is 75.4 Å². The minimum Gasteiger partial charge on any atom is -0.507 e. The van der Waals surface area contributed by atoms with Gasteiger partial charge in [-0.05, 0) is 86.7 Å². The average Bonchev–Trinajstić information content (AvgIpc) is 3.08. The lowest BCUT2D eigenvalue weighted by Crippen LogP contribution is -2.27. The maximum atomic E-state index is 14.8. The van der Waals surface area contributed by atoms with Crippen molar-refractivity contribution in [3.05, 3.63) is 54.8 Å². The number of aryl methyl sites for hydroxylation is 2. The molecular formula is C40H34N2O8. The first-order chi connectivity index (χ1) is 24.0. The summed E-state index contributed by atoms with van der Waals surface area (Å²) in [5.41, 5.74) is 0.196. The summed E-state index contributed by atoms with van der Waals surface area (Å²) in [4.78, 5) is 29.6. The lowest BCUT2D eigenvalue weighted by atomic mass is 9.76. The molecule has 10 heteroatoms. The Morgan fingerprint density at radius 1 is 0.460 bits per heavy atom. The smallest absolute Gasteiger partial charge is 0.201 e. The first kappa shape index (κ1) is 29.6. The largest absolute Gasteiger partial charge is 0.507 e. The highest BCUT2D eigenvalue weighted by atomic mass is 16.3. The van der Waals surface area contributed by atoms with Gasteiger partial charge in [0.1, 0.15) is 34.5 Å². The van der Waals surface area contributed by atoms with Gasteiger partial charge in [-0.2, -0.15) is 0 Å². The number of hydrogen-bond acceptors (Lipinski definition) is 10. The Morgan fingerprint density at radius 2 is 0.800 bits per heavy atom. The minimum absolute atomic E-state index is 0.0202. The van der Waals surface area contributed by atoms with Crippen LogP contribution in [0.15, 0.2) is 21.7 Å². The van der Waals surface area contributed by atoms with Crippen molar-refractivity contribution in [2.45, 2.75) is 64.5 Å². The van der Waals surface area contributed by atoms with Crippen LogP contribution in [0.3, 0.4) is 0 Å². The SMILES string of the molecule is Cc1cc(O)c2c(=O)c3c(O)c(C4CCCCN4)c(O)c4c5c(O)c(C6CCCCN6)c(O)c6c(=O)c7c(O)cc(C)c8c1c2c(c34)c(c78)c65. The maximum absolute atomic E-state index is 14.8. The molecule has 2 atom stereocenters.